The minimum atomic E-state index is -0.418. The van der Waals surface area contributed by atoms with Gasteiger partial charge in [-0.25, -0.2) is 4.79 Å². The Hall–Kier alpha value is -0.770. The van der Waals surface area contributed by atoms with E-state index in [0.717, 1.165) is 25.8 Å². The average molecular weight is 282 g/mol. The van der Waals surface area contributed by atoms with Gasteiger partial charge in [0.15, 0.2) is 0 Å². The predicted octanol–water partition coefficient (Wildman–Crippen LogP) is 3.21. The van der Waals surface area contributed by atoms with Gasteiger partial charge in [-0.2, -0.15) is 0 Å². The zero-order valence-corrected chi connectivity index (χ0v) is 13.4. The lowest BCUT2D eigenvalue weighted by Gasteiger charge is -2.39. The zero-order chi connectivity index (χ0) is 14.8. The molecule has 0 radical (unpaired) electrons. The fourth-order valence-electron chi connectivity index (χ4n) is 3.12. The molecule has 4 heteroatoms. The smallest absolute Gasteiger partial charge is 0.407 e. The summed E-state index contributed by atoms with van der Waals surface area (Å²) in [6.07, 6.45) is 7.03. The molecule has 2 fully saturated rings. The van der Waals surface area contributed by atoms with Crippen molar-refractivity contribution in [2.75, 3.05) is 6.54 Å². The van der Waals surface area contributed by atoms with Crippen molar-refractivity contribution >= 4 is 6.09 Å². The number of rotatable bonds is 4. The second-order valence-corrected chi connectivity index (χ2v) is 7.90. The van der Waals surface area contributed by atoms with E-state index in [0.29, 0.717) is 11.5 Å². The molecular formula is C16H30N2O2. The summed E-state index contributed by atoms with van der Waals surface area (Å²) in [5.41, 5.74) is 0.107. The van der Waals surface area contributed by atoms with Gasteiger partial charge in [-0.3, -0.25) is 0 Å². The van der Waals surface area contributed by atoms with E-state index in [9.17, 15) is 4.79 Å². The van der Waals surface area contributed by atoms with Gasteiger partial charge >= 0.3 is 6.09 Å². The maximum Gasteiger partial charge on any atom is 0.407 e. The molecular weight excluding hydrogens is 252 g/mol. The highest BCUT2D eigenvalue weighted by Gasteiger charge is 2.33. The fraction of sp³-hybridized carbons (Fsp3) is 0.938. The Labute approximate surface area is 123 Å². The molecule has 0 aromatic rings. The Morgan fingerprint density at radius 1 is 1.25 bits per heavy atom. The summed E-state index contributed by atoms with van der Waals surface area (Å²) in [4.78, 5) is 11.7. The SMILES string of the molecule is CC1(CNC2CCC(NC(=O)OC(C)(C)C)C2)CCC1. The van der Waals surface area contributed by atoms with Crippen LogP contribution in [0.15, 0.2) is 0 Å². The third kappa shape index (κ3) is 4.65. The molecule has 1 amide bonds. The van der Waals surface area contributed by atoms with E-state index in [2.05, 4.69) is 17.6 Å². The third-order valence-corrected chi connectivity index (χ3v) is 4.53. The van der Waals surface area contributed by atoms with Gasteiger partial charge in [-0.05, 0) is 58.3 Å². The van der Waals surface area contributed by atoms with Crippen LogP contribution in [-0.2, 0) is 4.74 Å². The fourth-order valence-corrected chi connectivity index (χ4v) is 3.12. The summed E-state index contributed by atoms with van der Waals surface area (Å²) in [5, 5.41) is 6.67. The number of carbonyl (C=O) groups excluding carboxylic acids is 1. The van der Waals surface area contributed by atoms with Gasteiger partial charge < -0.3 is 15.4 Å². The first-order valence-electron chi connectivity index (χ1n) is 7.99. The van der Waals surface area contributed by atoms with Crippen LogP contribution in [0, 0.1) is 5.41 Å². The lowest BCUT2D eigenvalue weighted by molar-refractivity contribution is 0.0504. The number of carbonyl (C=O) groups is 1. The number of nitrogens with one attached hydrogen (secondary N) is 2. The number of ether oxygens (including phenoxy) is 1. The minimum absolute atomic E-state index is 0.261. The van der Waals surface area contributed by atoms with Gasteiger partial charge in [0.05, 0.1) is 0 Å². The number of hydrogen-bond donors (Lipinski definition) is 2. The Morgan fingerprint density at radius 3 is 2.45 bits per heavy atom. The second-order valence-electron chi connectivity index (χ2n) is 7.90. The molecule has 2 N–H and O–H groups in total. The van der Waals surface area contributed by atoms with Crippen LogP contribution < -0.4 is 10.6 Å². The first-order chi connectivity index (χ1) is 9.26. The van der Waals surface area contributed by atoms with E-state index in [1.807, 2.05) is 20.8 Å². The van der Waals surface area contributed by atoms with E-state index >= 15 is 0 Å². The van der Waals surface area contributed by atoms with Crippen molar-refractivity contribution in [2.24, 2.45) is 5.41 Å². The van der Waals surface area contributed by atoms with Crippen molar-refractivity contribution in [2.45, 2.75) is 83.9 Å². The van der Waals surface area contributed by atoms with Crippen molar-refractivity contribution < 1.29 is 9.53 Å². The Bertz CT molecular complexity index is 345. The summed E-state index contributed by atoms with van der Waals surface area (Å²) in [6, 6.07) is 0.809. The summed E-state index contributed by atoms with van der Waals surface area (Å²) in [7, 11) is 0. The molecule has 0 spiro atoms. The molecule has 0 saturated heterocycles. The van der Waals surface area contributed by atoms with E-state index in [-0.39, 0.29) is 12.1 Å². The Kier molecular flexibility index (Phi) is 4.62. The summed E-state index contributed by atoms with van der Waals surface area (Å²) in [5.74, 6) is 0. The lowest BCUT2D eigenvalue weighted by Crippen LogP contribution is -2.42. The minimum Gasteiger partial charge on any atom is -0.444 e. The van der Waals surface area contributed by atoms with E-state index in [1.165, 1.54) is 19.3 Å². The number of alkyl carbamates (subject to hydrolysis) is 1. The van der Waals surface area contributed by atoms with Crippen LogP contribution in [0.25, 0.3) is 0 Å². The second kappa shape index (κ2) is 5.92. The van der Waals surface area contributed by atoms with Crippen molar-refractivity contribution in [3.05, 3.63) is 0 Å². The molecule has 2 unspecified atom stereocenters. The van der Waals surface area contributed by atoms with Gasteiger partial charge in [-0.1, -0.05) is 13.3 Å². The van der Waals surface area contributed by atoms with Gasteiger partial charge in [0.1, 0.15) is 5.60 Å². The molecule has 4 nitrogen and oxygen atoms in total. The van der Waals surface area contributed by atoms with Gasteiger partial charge in [0, 0.05) is 18.6 Å². The number of amides is 1. The Morgan fingerprint density at radius 2 is 1.90 bits per heavy atom. The van der Waals surface area contributed by atoms with Gasteiger partial charge in [-0.15, -0.1) is 0 Å². The van der Waals surface area contributed by atoms with E-state index < -0.39 is 5.60 Å². The molecule has 2 aliphatic rings. The molecule has 20 heavy (non-hydrogen) atoms. The topological polar surface area (TPSA) is 50.4 Å². The number of hydrogen-bond acceptors (Lipinski definition) is 3. The lowest BCUT2D eigenvalue weighted by atomic mass is 9.70. The summed E-state index contributed by atoms with van der Waals surface area (Å²) in [6.45, 7) is 9.17. The van der Waals surface area contributed by atoms with E-state index in [4.69, 9.17) is 4.74 Å². The first-order valence-corrected chi connectivity index (χ1v) is 7.99. The molecule has 0 aromatic carbocycles. The molecule has 2 atom stereocenters. The normalized spacial score (nSPS) is 28.8. The maximum absolute atomic E-state index is 11.7. The van der Waals surface area contributed by atoms with Crippen molar-refractivity contribution in [3.8, 4) is 0 Å². The highest BCUT2D eigenvalue weighted by atomic mass is 16.6. The average Bonchev–Trinajstić information content (AvgIpc) is 2.68. The van der Waals surface area contributed by atoms with Crippen LogP contribution in [0.5, 0.6) is 0 Å². The van der Waals surface area contributed by atoms with Crippen LogP contribution in [0.1, 0.15) is 66.2 Å². The molecule has 0 heterocycles. The first kappa shape index (κ1) is 15.6. The third-order valence-electron chi connectivity index (χ3n) is 4.53. The Balaban J connectivity index is 1.66. The molecule has 0 bridgehead atoms. The molecule has 2 aliphatic carbocycles. The van der Waals surface area contributed by atoms with Crippen LogP contribution in [0.2, 0.25) is 0 Å². The van der Waals surface area contributed by atoms with Gasteiger partial charge in [0.2, 0.25) is 0 Å². The van der Waals surface area contributed by atoms with Crippen LogP contribution in [-0.4, -0.2) is 30.3 Å². The standard InChI is InChI=1S/C16H30N2O2/c1-15(2,3)20-14(19)18-13-7-6-12(10-13)17-11-16(4)8-5-9-16/h12-13,17H,5-11H2,1-4H3,(H,18,19). The molecule has 0 aromatic heterocycles. The van der Waals surface area contributed by atoms with Crippen molar-refractivity contribution in [1.82, 2.24) is 10.6 Å². The van der Waals surface area contributed by atoms with Crippen LogP contribution in [0.3, 0.4) is 0 Å². The summed E-state index contributed by atoms with van der Waals surface area (Å²) >= 11 is 0. The van der Waals surface area contributed by atoms with Crippen LogP contribution in [0.4, 0.5) is 4.79 Å². The van der Waals surface area contributed by atoms with Crippen LogP contribution >= 0.6 is 0 Å². The molecule has 0 aliphatic heterocycles. The highest BCUT2D eigenvalue weighted by molar-refractivity contribution is 5.68. The predicted molar refractivity (Wildman–Crippen MR) is 80.8 cm³/mol. The quantitative estimate of drug-likeness (QED) is 0.832. The van der Waals surface area contributed by atoms with E-state index in [1.54, 1.807) is 0 Å². The zero-order valence-electron chi connectivity index (χ0n) is 13.4. The largest absolute Gasteiger partial charge is 0.444 e. The molecule has 2 rings (SSSR count). The van der Waals surface area contributed by atoms with Crippen molar-refractivity contribution in [1.29, 1.82) is 0 Å². The molecule has 2 saturated carbocycles. The summed E-state index contributed by atoms with van der Waals surface area (Å²) < 4.78 is 5.31. The van der Waals surface area contributed by atoms with Gasteiger partial charge in [0.25, 0.3) is 0 Å². The van der Waals surface area contributed by atoms with Crippen molar-refractivity contribution in [3.63, 3.8) is 0 Å². The highest BCUT2D eigenvalue weighted by Crippen LogP contribution is 2.39. The maximum atomic E-state index is 11.7. The monoisotopic (exact) mass is 282 g/mol. The molecule has 116 valence electrons.